The number of fused-ring (bicyclic) bond motifs is 1. The van der Waals surface area contributed by atoms with Gasteiger partial charge in [-0.15, -0.1) is 0 Å². The minimum absolute atomic E-state index is 0.0100. The summed E-state index contributed by atoms with van der Waals surface area (Å²) in [6.45, 7) is 8.73. The average molecular weight is 355 g/mol. The number of hydrogen-bond donors (Lipinski definition) is 0. The number of hydrogen-bond acceptors (Lipinski definition) is 4. The highest BCUT2D eigenvalue weighted by atomic mass is 35.5. The third-order valence-corrected chi connectivity index (χ3v) is 5.37. The molecule has 3 rings (SSSR count). The van der Waals surface area contributed by atoms with E-state index >= 15 is 0 Å². The first-order valence-electron chi connectivity index (χ1n) is 8.80. The smallest absolute Gasteiger partial charge is 0.190 e. The minimum Gasteiger partial charge on any atom is -0.368 e. The monoisotopic (exact) mass is 354 g/mol. The molecule has 134 valence electrons. The molecule has 0 bridgehead atoms. The molecular formula is C19H27ClO4. The molecule has 2 heterocycles. The van der Waals surface area contributed by atoms with Gasteiger partial charge in [-0.3, -0.25) is 0 Å². The molecule has 5 atom stereocenters. The van der Waals surface area contributed by atoms with Crippen molar-refractivity contribution in [1.29, 1.82) is 0 Å². The quantitative estimate of drug-likeness (QED) is 0.751. The van der Waals surface area contributed by atoms with Crippen LogP contribution in [0.3, 0.4) is 0 Å². The van der Waals surface area contributed by atoms with Crippen LogP contribution in [-0.4, -0.2) is 30.4 Å². The minimum atomic E-state index is -0.626. The lowest BCUT2D eigenvalue weighted by molar-refractivity contribution is -0.247. The van der Waals surface area contributed by atoms with Gasteiger partial charge in [-0.2, -0.15) is 0 Å². The molecule has 0 radical (unpaired) electrons. The summed E-state index contributed by atoms with van der Waals surface area (Å²) < 4.78 is 24.6. The molecule has 0 N–H and O–H groups in total. The Labute approximate surface area is 149 Å². The normalized spacial score (nSPS) is 35.6. The van der Waals surface area contributed by atoms with Crippen LogP contribution in [-0.2, 0) is 25.6 Å². The Balaban J connectivity index is 1.72. The van der Waals surface area contributed by atoms with E-state index in [9.17, 15) is 0 Å². The van der Waals surface area contributed by atoms with Crippen LogP contribution in [0.25, 0.3) is 0 Å². The highest BCUT2D eigenvalue weighted by Gasteiger charge is 2.57. The summed E-state index contributed by atoms with van der Waals surface area (Å²) in [6, 6.07) is 7.74. The molecule has 2 aliphatic rings. The van der Waals surface area contributed by atoms with E-state index in [0.29, 0.717) is 6.61 Å². The highest BCUT2D eigenvalue weighted by molar-refractivity contribution is 6.31. The van der Waals surface area contributed by atoms with Crippen LogP contribution in [0.4, 0.5) is 0 Å². The molecule has 0 aliphatic carbocycles. The van der Waals surface area contributed by atoms with Gasteiger partial charge < -0.3 is 18.9 Å². The van der Waals surface area contributed by atoms with E-state index < -0.39 is 5.79 Å². The number of halogens is 1. The number of benzene rings is 1. The fraction of sp³-hybridized carbons (Fsp3) is 0.684. The van der Waals surface area contributed by atoms with E-state index in [-0.39, 0.29) is 30.5 Å². The van der Waals surface area contributed by atoms with Gasteiger partial charge in [0.15, 0.2) is 12.1 Å². The van der Waals surface area contributed by atoms with E-state index in [2.05, 4.69) is 20.8 Å². The second-order valence-electron chi connectivity index (χ2n) is 7.07. The van der Waals surface area contributed by atoms with Crippen LogP contribution < -0.4 is 0 Å². The molecule has 1 aromatic rings. The summed E-state index contributed by atoms with van der Waals surface area (Å²) in [4.78, 5) is 0. The molecule has 2 aliphatic heterocycles. The predicted octanol–water partition coefficient (Wildman–Crippen LogP) is 4.54. The Morgan fingerprint density at radius 3 is 2.67 bits per heavy atom. The maximum Gasteiger partial charge on any atom is 0.190 e. The molecule has 0 spiro atoms. The molecule has 2 saturated heterocycles. The van der Waals surface area contributed by atoms with Crippen molar-refractivity contribution in [3.63, 3.8) is 0 Å². The molecule has 0 amide bonds. The summed E-state index contributed by atoms with van der Waals surface area (Å²) >= 11 is 6.24. The van der Waals surface area contributed by atoms with Crippen LogP contribution in [0.15, 0.2) is 24.3 Å². The zero-order chi connectivity index (χ0) is 17.3. The Bertz CT molecular complexity index is 564. The van der Waals surface area contributed by atoms with Gasteiger partial charge in [-0.1, -0.05) is 57.0 Å². The average Bonchev–Trinajstić information content (AvgIpc) is 3.01. The van der Waals surface area contributed by atoms with Crippen molar-refractivity contribution in [1.82, 2.24) is 0 Å². The maximum absolute atomic E-state index is 6.24. The lowest BCUT2D eigenvalue weighted by Crippen LogP contribution is -2.40. The first-order chi connectivity index (χ1) is 11.4. The SMILES string of the molecule is CCC[C@H]1O[C@@H]2OC(C)(C(C)C)O[C@@H]2[C@H]1OCc1ccccc1Cl. The molecular weight excluding hydrogens is 328 g/mol. The summed E-state index contributed by atoms with van der Waals surface area (Å²) in [5.74, 6) is -0.390. The second kappa shape index (κ2) is 7.30. The Morgan fingerprint density at radius 1 is 1.25 bits per heavy atom. The Morgan fingerprint density at radius 2 is 2.00 bits per heavy atom. The lowest BCUT2D eigenvalue weighted by atomic mass is 10.0. The van der Waals surface area contributed by atoms with Crippen LogP contribution in [0.2, 0.25) is 5.02 Å². The summed E-state index contributed by atoms with van der Waals surface area (Å²) in [7, 11) is 0. The largest absolute Gasteiger partial charge is 0.368 e. The molecule has 2 fully saturated rings. The van der Waals surface area contributed by atoms with Crippen LogP contribution in [0, 0.1) is 5.92 Å². The summed E-state index contributed by atoms with van der Waals surface area (Å²) in [5, 5.41) is 0.718. The van der Waals surface area contributed by atoms with Crippen molar-refractivity contribution in [3.05, 3.63) is 34.9 Å². The molecule has 24 heavy (non-hydrogen) atoms. The van der Waals surface area contributed by atoms with Gasteiger partial charge in [0, 0.05) is 10.9 Å². The van der Waals surface area contributed by atoms with Crippen molar-refractivity contribution >= 4 is 11.6 Å². The zero-order valence-corrected chi connectivity index (χ0v) is 15.6. The van der Waals surface area contributed by atoms with E-state index in [4.69, 9.17) is 30.5 Å². The van der Waals surface area contributed by atoms with Gasteiger partial charge in [0.05, 0.1) is 12.7 Å². The molecule has 5 heteroatoms. The predicted molar refractivity (Wildman–Crippen MR) is 92.8 cm³/mol. The maximum atomic E-state index is 6.24. The topological polar surface area (TPSA) is 36.9 Å². The molecule has 0 saturated carbocycles. The number of ether oxygens (including phenoxy) is 4. The van der Waals surface area contributed by atoms with Crippen molar-refractivity contribution in [3.8, 4) is 0 Å². The van der Waals surface area contributed by atoms with E-state index in [1.165, 1.54) is 0 Å². The van der Waals surface area contributed by atoms with Crippen LogP contribution >= 0.6 is 11.6 Å². The van der Waals surface area contributed by atoms with E-state index in [1.54, 1.807) is 0 Å². The second-order valence-corrected chi connectivity index (χ2v) is 7.48. The molecule has 1 aromatic carbocycles. The third kappa shape index (κ3) is 3.49. The van der Waals surface area contributed by atoms with E-state index in [1.807, 2.05) is 31.2 Å². The van der Waals surface area contributed by atoms with E-state index in [0.717, 1.165) is 23.4 Å². The van der Waals surface area contributed by atoms with Crippen molar-refractivity contribution < 1.29 is 18.9 Å². The zero-order valence-electron chi connectivity index (χ0n) is 14.8. The third-order valence-electron chi connectivity index (χ3n) is 5.00. The summed E-state index contributed by atoms with van der Waals surface area (Å²) in [5.41, 5.74) is 0.975. The van der Waals surface area contributed by atoms with Crippen LogP contribution in [0.5, 0.6) is 0 Å². The fourth-order valence-corrected chi connectivity index (χ4v) is 3.42. The van der Waals surface area contributed by atoms with Gasteiger partial charge in [0.25, 0.3) is 0 Å². The van der Waals surface area contributed by atoms with Gasteiger partial charge in [0.2, 0.25) is 0 Å². The molecule has 0 aromatic heterocycles. The first-order valence-corrected chi connectivity index (χ1v) is 9.18. The standard InChI is InChI=1S/C19H27ClO4/c1-5-8-15-16(21-11-13-9-6-7-10-14(13)20)17-18(22-15)24-19(4,23-17)12(2)3/h6-7,9-10,12,15-18H,5,8,11H2,1-4H3/t15-,16+,17-,18-,19?/m1/s1. The van der Waals surface area contributed by atoms with Crippen molar-refractivity contribution in [2.45, 2.75) is 77.5 Å². The lowest BCUT2D eigenvalue weighted by Gasteiger charge is -2.31. The Hall–Kier alpha value is -0.650. The van der Waals surface area contributed by atoms with Crippen molar-refractivity contribution in [2.24, 2.45) is 5.92 Å². The van der Waals surface area contributed by atoms with Gasteiger partial charge in [0.1, 0.15) is 12.2 Å². The van der Waals surface area contributed by atoms with Gasteiger partial charge in [-0.05, 0) is 25.0 Å². The Kier molecular flexibility index (Phi) is 5.52. The fourth-order valence-electron chi connectivity index (χ4n) is 3.23. The number of rotatable bonds is 6. The van der Waals surface area contributed by atoms with Gasteiger partial charge in [-0.25, -0.2) is 0 Å². The molecule has 1 unspecified atom stereocenters. The summed E-state index contributed by atoms with van der Waals surface area (Å²) in [6.07, 6.45) is 1.24. The molecule has 4 nitrogen and oxygen atoms in total. The van der Waals surface area contributed by atoms with Gasteiger partial charge >= 0.3 is 0 Å². The van der Waals surface area contributed by atoms with Crippen molar-refractivity contribution in [2.75, 3.05) is 0 Å². The first kappa shape index (κ1) is 18.2. The highest BCUT2D eigenvalue weighted by Crippen LogP contribution is 2.43. The van der Waals surface area contributed by atoms with Crippen LogP contribution in [0.1, 0.15) is 46.1 Å².